The second-order valence-corrected chi connectivity index (χ2v) is 6.44. The first-order valence-corrected chi connectivity index (χ1v) is 9.36. The predicted molar refractivity (Wildman–Crippen MR) is 95.7 cm³/mol. The molecule has 0 aromatic rings. The van der Waals surface area contributed by atoms with Gasteiger partial charge in [-0.3, -0.25) is 4.99 Å². The Morgan fingerprint density at radius 3 is 2.84 bits per heavy atom. The van der Waals surface area contributed by atoms with Crippen molar-refractivity contribution in [2.24, 2.45) is 10.7 Å². The first kappa shape index (κ1) is 19.8. The van der Waals surface area contributed by atoms with Crippen LogP contribution in [0.3, 0.4) is 0 Å². The normalized spacial score (nSPS) is 22.2. The quantitative estimate of drug-likeness (QED) is 0.384. The van der Waals surface area contributed by atoms with Gasteiger partial charge in [-0.05, 0) is 39.0 Å². The van der Waals surface area contributed by atoms with Crippen LogP contribution in [0.25, 0.3) is 0 Å². The van der Waals surface area contributed by atoms with Gasteiger partial charge in [0.1, 0.15) is 0 Å². The number of nitrogens with one attached hydrogen (secondary N) is 1. The summed E-state index contributed by atoms with van der Waals surface area (Å²) in [5.41, 5.74) is 5.93. The van der Waals surface area contributed by atoms with Crippen LogP contribution in [-0.2, 0) is 14.2 Å². The molecule has 2 heterocycles. The number of hydrogen-bond acceptors (Lipinski definition) is 5. The zero-order valence-corrected chi connectivity index (χ0v) is 15.2. The molecule has 8 heteroatoms. The van der Waals surface area contributed by atoms with Gasteiger partial charge < -0.3 is 30.2 Å². The van der Waals surface area contributed by atoms with Crippen LogP contribution in [0.5, 0.6) is 0 Å². The lowest BCUT2D eigenvalue weighted by Crippen LogP contribution is -2.48. The van der Waals surface area contributed by atoms with E-state index >= 15 is 0 Å². The van der Waals surface area contributed by atoms with E-state index in [2.05, 4.69) is 10.3 Å². The average Bonchev–Trinajstić information content (AvgIpc) is 3.12. The van der Waals surface area contributed by atoms with Crippen molar-refractivity contribution in [3.05, 3.63) is 0 Å². The van der Waals surface area contributed by atoms with Crippen LogP contribution in [0, 0.1) is 0 Å². The Morgan fingerprint density at radius 1 is 1.36 bits per heavy atom. The van der Waals surface area contributed by atoms with Gasteiger partial charge >= 0.3 is 6.09 Å². The number of guanidine groups is 1. The van der Waals surface area contributed by atoms with Crippen molar-refractivity contribution in [3.63, 3.8) is 0 Å². The molecule has 0 saturated carbocycles. The number of nitrogens with zero attached hydrogens (tertiary/aromatic N) is 2. The molecule has 0 radical (unpaired) electrons. The first-order chi connectivity index (χ1) is 12.2. The van der Waals surface area contributed by atoms with E-state index in [0.29, 0.717) is 45.4 Å². The zero-order chi connectivity index (χ0) is 17.9. The predicted octanol–water partition coefficient (Wildman–Crippen LogP) is 1.10. The molecular formula is C17H32N4O4. The van der Waals surface area contributed by atoms with Gasteiger partial charge in [0.15, 0.2) is 5.96 Å². The third-order valence-corrected chi connectivity index (χ3v) is 4.43. The molecule has 1 amide bonds. The Morgan fingerprint density at radius 2 is 2.16 bits per heavy atom. The highest BCUT2D eigenvalue weighted by Gasteiger charge is 2.23. The van der Waals surface area contributed by atoms with Crippen LogP contribution in [0.15, 0.2) is 4.99 Å². The Hall–Kier alpha value is -1.54. The maximum atomic E-state index is 11.7. The molecule has 0 bridgehead atoms. The number of carbonyl (C=O) groups excluding carboxylic acids is 1. The fourth-order valence-corrected chi connectivity index (χ4v) is 3.03. The highest BCUT2D eigenvalue weighted by Crippen LogP contribution is 2.12. The van der Waals surface area contributed by atoms with E-state index in [1.807, 2.05) is 6.92 Å². The lowest BCUT2D eigenvalue weighted by molar-refractivity contribution is 0.0171. The highest BCUT2D eigenvalue weighted by atomic mass is 16.6. The molecule has 2 rings (SSSR count). The number of rotatable bonds is 8. The summed E-state index contributed by atoms with van der Waals surface area (Å²) in [4.78, 5) is 17.7. The zero-order valence-electron chi connectivity index (χ0n) is 15.2. The molecule has 1 unspecified atom stereocenters. The van der Waals surface area contributed by atoms with E-state index < -0.39 is 0 Å². The molecule has 3 N–H and O–H groups in total. The summed E-state index contributed by atoms with van der Waals surface area (Å²) in [6.07, 6.45) is 4.82. The molecule has 144 valence electrons. The molecule has 0 aliphatic carbocycles. The van der Waals surface area contributed by atoms with Crippen molar-refractivity contribution < 1.29 is 19.0 Å². The van der Waals surface area contributed by atoms with Crippen LogP contribution >= 0.6 is 0 Å². The monoisotopic (exact) mass is 356 g/mol. The van der Waals surface area contributed by atoms with E-state index in [1.54, 1.807) is 4.90 Å². The Bertz CT molecular complexity index is 419. The molecule has 1 atom stereocenters. The van der Waals surface area contributed by atoms with Crippen molar-refractivity contribution in [2.75, 3.05) is 46.1 Å². The third-order valence-electron chi connectivity index (χ3n) is 4.43. The maximum absolute atomic E-state index is 11.7. The van der Waals surface area contributed by atoms with Crippen LogP contribution in [-0.4, -0.2) is 75.2 Å². The summed E-state index contributed by atoms with van der Waals surface area (Å²) in [5.74, 6) is 0.466. The van der Waals surface area contributed by atoms with Gasteiger partial charge in [-0.1, -0.05) is 0 Å². The molecule has 0 aromatic heterocycles. The van der Waals surface area contributed by atoms with Gasteiger partial charge in [0.2, 0.25) is 0 Å². The van der Waals surface area contributed by atoms with Gasteiger partial charge in [-0.25, -0.2) is 4.79 Å². The second-order valence-electron chi connectivity index (χ2n) is 6.44. The van der Waals surface area contributed by atoms with Gasteiger partial charge in [-0.2, -0.15) is 0 Å². The number of aliphatic imine (C=N–C) groups is 1. The summed E-state index contributed by atoms with van der Waals surface area (Å²) in [5, 5.41) is 3.23. The van der Waals surface area contributed by atoms with Crippen molar-refractivity contribution in [2.45, 2.75) is 51.2 Å². The van der Waals surface area contributed by atoms with E-state index in [4.69, 9.17) is 19.9 Å². The number of amides is 1. The van der Waals surface area contributed by atoms with Gasteiger partial charge in [-0.15, -0.1) is 0 Å². The SMILES string of the molecule is CCOC(=O)N1CCC(NC(N)=NCCCOCC2CCCO2)CC1. The molecular weight excluding hydrogens is 324 g/mol. The Balaban J connectivity index is 1.51. The van der Waals surface area contributed by atoms with E-state index in [1.165, 1.54) is 0 Å². The minimum Gasteiger partial charge on any atom is -0.450 e. The largest absolute Gasteiger partial charge is 0.450 e. The van der Waals surface area contributed by atoms with Gasteiger partial charge in [0, 0.05) is 38.9 Å². The third kappa shape index (κ3) is 7.48. The fraction of sp³-hybridized carbons (Fsp3) is 0.882. The summed E-state index contributed by atoms with van der Waals surface area (Å²) in [7, 11) is 0. The lowest BCUT2D eigenvalue weighted by Gasteiger charge is -2.31. The van der Waals surface area contributed by atoms with Crippen molar-refractivity contribution >= 4 is 12.1 Å². The fourth-order valence-electron chi connectivity index (χ4n) is 3.03. The molecule has 25 heavy (non-hydrogen) atoms. The first-order valence-electron chi connectivity index (χ1n) is 9.36. The molecule has 8 nitrogen and oxygen atoms in total. The van der Waals surface area contributed by atoms with E-state index in [9.17, 15) is 4.79 Å². The van der Waals surface area contributed by atoms with Crippen LogP contribution < -0.4 is 11.1 Å². The van der Waals surface area contributed by atoms with Gasteiger partial charge in [0.05, 0.1) is 19.3 Å². The number of carbonyl (C=O) groups is 1. The number of piperidine rings is 1. The van der Waals surface area contributed by atoms with Crippen molar-refractivity contribution in [1.82, 2.24) is 10.2 Å². The van der Waals surface area contributed by atoms with Crippen LogP contribution in [0.1, 0.15) is 39.0 Å². The number of ether oxygens (including phenoxy) is 3. The standard InChI is InChI=1S/C17H32N4O4/c1-2-24-17(22)21-9-6-14(7-10-21)20-16(18)19-8-4-11-23-13-15-5-3-12-25-15/h14-15H,2-13H2,1H3,(H3,18,19,20). The molecule has 0 aromatic carbocycles. The number of hydrogen-bond donors (Lipinski definition) is 2. The topological polar surface area (TPSA) is 98.4 Å². The summed E-state index contributed by atoms with van der Waals surface area (Å²) < 4.78 is 16.1. The maximum Gasteiger partial charge on any atom is 0.409 e. The average molecular weight is 356 g/mol. The molecule has 0 spiro atoms. The van der Waals surface area contributed by atoms with Crippen molar-refractivity contribution in [3.8, 4) is 0 Å². The lowest BCUT2D eigenvalue weighted by atomic mass is 10.1. The molecule has 2 fully saturated rings. The minimum atomic E-state index is -0.231. The summed E-state index contributed by atoms with van der Waals surface area (Å²) >= 11 is 0. The second kappa shape index (κ2) is 11.1. The summed E-state index contributed by atoms with van der Waals surface area (Å²) in [6, 6.07) is 0.255. The van der Waals surface area contributed by atoms with Crippen LogP contribution in [0.2, 0.25) is 0 Å². The van der Waals surface area contributed by atoms with E-state index in [-0.39, 0.29) is 18.2 Å². The summed E-state index contributed by atoms with van der Waals surface area (Å²) in [6.45, 7) is 6.45. The smallest absolute Gasteiger partial charge is 0.409 e. The Labute approximate surface area is 150 Å². The van der Waals surface area contributed by atoms with E-state index in [0.717, 1.165) is 38.7 Å². The van der Waals surface area contributed by atoms with Crippen LogP contribution in [0.4, 0.5) is 4.79 Å². The van der Waals surface area contributed by atoms with Crippen molar-refractivity contribution in [1.29, 1.82) is 0 Å². The Kier molecular flexibility index (Phi) is 8.82. The molecule has 2 saturated heterocycles. The van der Waals surface area contributed by atoms with Gasteiger partial charge in [0.25, 0.3) is 0 Å². The number of likely N-dealkylation sites (tertiary alicyclic amines) is 1. The minimum absolute atomic E-state index is 0.231. The highest BCUT2D eigenvalue weighted by molar-refractivity contribution is 5.78. The molecule has 2 aliphatic heterocycles. The molecule has 2 aliphatic rings. The number of nitrogens with two attached hydrogens (primary N) is 1.